The Labute approximate surface area is 100 Å². The van der Waals surface area contributed by atoms with Crippen LogP contribution in [-0.4, -0.2) is 27.4 Å². The second-order valence-electron chi connectivity index (χ2n) is 4.22. The van der Waals surface area contributed by atoms with Crippen molar-refractivity contribution in [3.05, 3.63) is 5.82 Å². The number of aromatic nitrogens is 3. The molecule has 0 saturated heterocycles. The first-order valence-electron chi connectivity index (χ1n) is 5.59. The van der Waals surface area contributed by atoms with E-state index in [-0.39, 0.29) is 11.9 Å². The van der Waals surface area contributed by atoms with Gasteiger partial charge in [0.15, 0.2) is 5.82 Å². The maximum absolute atomic E-state index is 11.8. The van der Waals surface area contributed by atoms with Gasteiger partial charge in [0.05, 0.1) is 6.61 Å². The lowest BCUT2D eigenvalue weighted by atomic mass is 9.96. The highest BCUT2D eigenvalue weighted by molar-refractivity contribution is 5.77. The number of anilines is 1. The van der Waals surface area contributed by atoms with Gasteiger partial charge in [-0.1, -0.05) is 13.8 Å². The largest absolute Gasteiger partial charge is 0.465 e. The molecular formula is C10H19N5O2. The van der Waals surface area contributed by atoms with Crippen LogP contribution in [0.2, 0.25) is 0 Å². The van der Waals surface area contributed by atoms with E-state index < -0.39 is 5.92 Å². The van der Waals surface area contributed by atoms with Gasteiger partial charge in [0.1, 0.15) is 5.92 Å². The fourth-order valence-electron chi connectivity index (χ4n) is 1.58. The lowest BCUT2D eigenvalue weighted by Gasteiger charge is -2.16. The predicted molar refractivity (Wildman–Crippen MR) is 63.4 cm³/mol. The zero-order valence-corrected chi connectivity index (χ0v) is 10.4. The van der Waals surface area contributed by atoms with Crippen molar-refractivity contribution in [2.75, 3.05) is 18.2 Å². The summed E-state index contributed by atoms with van der Waals surface area (Å²) in [5, 5.41) is 7.48. The van der Waals surface area contributed by atoms with Crippen LogP contribution in [-0.2, 0) is 9.53 Å². The summed E-state index contributed by atoms with van der Waals surface area (Å²) in [6.45, 7) is 6.09. The summed E-state index contributed by atoms with van der Waals surface area (Å²) >= 11 is 0. The van der Waals surface area contributed by atoms with Gasteiger partial charge in [0.2, 0.25) is 5.95 Å². The van der Waals surface area contributed by atoms with Crippen LogP contribution in [0, 0.1) is 5.92 Å². The highest BCUT2D eigenvalue weighted by atomic mass is 16.5. The van der Waals surface area contributed by atoms with E-state index in [2.05, 4.69) is 10.2 Å². The topological polar surface area (TPSA) is 109 Å². The first-order valence-corrected chi connectivity index (χ1v) is 5.59. The molecule has 1 aromatic rings. The Morgan fingerprint density at radius 2 is 2.12 bits per heavy atom. The minimum absolute atomic E-state index is 0.0815. The molecule has 0 spiro atoms. The Morgan fingerprint density at radius 3 is 2.53 bits per heavy atom. The Bertz CT molecular complexity index is 388. The van der Waals surface area contributed by atoms with Crippen molar-refractivity contribution in [3.8, 4) is 0 Å². The first-order chi connectivity index (χ1) is 7.97. The minimum atomic E-state index is -0.523. The fraction of sp³-hybridized carbons (Fsp3) is 0.700. The molecule has 0 aliphatic heterocycles. The summed E-state index contributed by atoms with van der Waals surface area (Å²) in [5.74, 6) is 5.53. The van der Waals surface area contributed by atoms with Gasteiger partial charge in [0.25, 0.3) is 0 Å². The molecule has 0 aliphatic rings. The second kappa shape index (κ2) is 5.51. The molecule has 1 aromatic heterocycles. The maximum Gasteiger partial charge on any atom is 0.316 e. The molecule has 0 saturated carbocycles. The van der Waals surface area contributed by atoms with Crippen LogP contribution < -0.4 is 11.6 Å². The molecule has 0 radical (unpaired) electrons. The number of ether oxygens (including phenoxy) is 1. The number of hydrogen-bond donors (Lipinski definition) is 2. The van der Waals surface area contributed by atoms with Crippen LogP contribution >= 0.6 is 0 Å². The molecule has 0 amide bonds. The third-order valence-electron chi connectivity index (χ3n) is 2.34. The van der Waals surface area contributed by atoms with Gasteiger partial charge in [-0.05, 0) is 19.3 Å². The van der Waals surface area contributed by atoms with Crippen molar-refractivity contribution in [1.29, 1.82) is 0 Å². The summed E-state index contributed by atoms with van der Waals surface area (Å²) in [5.41, 5.74) is 5.50. The first kappa shape index (κ1) is 13.3. The molecule has 7 nitrogen and oxygen atoms in total. The summed E-state index contributed by atoms with van der Waals surface area (Å²) in [6, 6.07) is 0. The third-order valence-corrected chi connectivity index (χ3v) is 2.34. The SMILES string of the molecule is CCOC(=O)C(CC(C)C)c1nnc(N)n1N. The van der Waals surface area contributed by atoms with Crippen molar-refractivity contribution >= 4 is 11.9 Å². The molecule has 17 heavy (non-hydrogen) atoms. The van der Waals surface area contributed by atoms with Crippen molar-refractivity contribution < 1.29 is 9.53 Å². The fourth-order valence-corrected chi connectivity index (χ4v) is 1.58. The van der Waals surface area contributed by atoms with Gasteiger partial charge in [-0.2, -0.15) is 0 Å². The molecule has 0 bridgehead atoms. The summed E-state index contributed by atoms with van der Waals surface area (Å²) < 4.78 is 6.14. The van der Waals surface area contributed by atoms with E-state index in [1.807, 2.05) is 13.8 Å². The number of nitrogens with two attached hydrogens (primary N) is 2. The van der Waals surface area contributed by atoms with Crippen molar-refractivity contribution in [3.63, 3.8) is 0 Å². The monoisotopic (exact) mass is 241 g/mol. The molecule has 0 aliphatic carbocycles. The zero-order chi connectivity index (χ0) is 13.0. The Balaban J connectivity index is 2.97. The van der Waals surface area contributed by atoms with E-state index in [9.17, 15) is 4.79 Å². The lowest BCUT2D eigenvalue weighted by molar-refractivity contribution is -0.145. The highest BCUT2D eigenvalue weighted by Crippen LogP contribution is 2.23. The molecule has 0 fully saturated rings. The van der Waals surface area contributed by atoms with Crippen LogP contribution in [0.25, 0.3) is 0 Å². The van der Waals surface area contributed by atoms with E-state index in [0.29, 0.717) is 24.8 Å². The molecular weight excluding hydrogens is 222 g/mol. The quantitative estimate of drug-likeness (QED) is 0.565. The number of esters is 1. The molecule has 7 heteroatoms. The summed E-state index contributed by atoms with van der Waals surface area (Å²) in [7, 11) is 0. The molecule has 4 N–H and O–H groups in total. The second-order valence-corrected chi connectivity index (χ2v) is 4.22. The smallest absolute Gasteiger partial charge is 0.316 e. The normalized spacial score (nSPS) is 12.7. The molecule has 96 valence electrons. The van der Waals surface area contributed by atoms with Crippen molar-refractivity contribution in [2.45, 2.75) is 33.1 Å². The summed E-state index contributed by atoms with van der Waals surface area (Å²) in [4.78, 5) is 11.8. The Kier molecular flexibility index (Phi) is 4.30. The van der Waals surface area contributed by atoms with Gasteiger partial charge in [0, 0.05) is 0 Å². The standard InChI is InChI=1S/C10H19N5O2/c1-4-17-9(16)7(5-6(2)3)8-13-14-10(11)15(8)12/h6-7H,4-5,12H2,1-3H3,(H2,11,14). The number of nitrogen functional groups attached to an aromatic ring is 2. The molecule has 1 unspecified atom stereocenters. The van der Waals surface area contributed by atoms with Crippen LogP contribution in [0.1, 0.15) is 38.9 Å². The predicted octanol–water partition coefficient (Wildman–Crippen LogP) is 0.267. The summed E-state index contributed by atoms with van der Waals surface area (Å²) in [6.07, 6.45) is 0.591. The van der Waals surface area contributed by atoms with Gasteiger partial charge in [-0.3, -0.25) is 4.79 Å². The zero-order valence-electron chi connectivity index (χ0n) is 10.4. The Morgan fingerprint density at radius 1 is 1.47 bits per heavy atom. The van der Waals surface area contributed by atoms with Gasteiger partial charge in [-0.25, -0.2) is 4.68 Å². The highest BCUT2D eigenvalue weighted by Gasteiger charge is 2.28. The van der Waals surface area contributed by atoms with E-state index >= 15 is 0 Å². The number of carbonyl (C=O) groups excluding carboxylic acids is 1. The van der Waals surface area contributed by atoms with Gasteiger partial charge < -0.3 is 16.3 Å². The third kappa shape index (κ3) is 3.08. The number of hydrogen-bond acceptors (Lipinski definition) is 6. The number of rotatable bonds is 5. The number of nitrogens with zero attached hydrogens (tertiary/aromatic N) is 3. The minimum Gasteiger partial charge on any atom is -0.465 e. The van der Waals surface area contributed by atoms with E-state index in [0.717, 1.165) is 4.68 Å². The van der Waals surface area contributed by atoms with Crippen LogP contribution in [0.5, 0.6) is 0 Å². The van der Waals surface area contributed by atoms with E-state index in [4.69, 9.17) is 16.3 Å². The Hall–Kier alpha value is -1.79. The molecule has 1 rings (SSSR count). The molecule has 0 aromatic carbocycles. The van der Waals surface area contributed by atoms with Crippen molar-refractivity contribution in [1.82, 2.24) is 14.9 Å². The van der Waals surface area contributed by atoms with Gasteiger partial charge in [-0.15, -0.1) is 10.2 Å². The number of carbonyl (C=O) groups is 1. The van der Waals surface area contributed by atoms with Crippen LogP contribution in [0.3, 0.4) is 0 Å². The van der Waals surface area contributed by atoms with Crippen LogP contribution in [0.15, 0.2) is 0 Å². The van der Waals surface area contributed by atoms with E-state index in [1.54, 1.807) is 6.92 Å². The average Bonchev–Trinajstić information content (AvgIpc) is 2.57. The average molecular weight is 241 g/mol. The van der Waals surface area contributed by atoms with E-state index in [1.165, 1.54) is 0 Å². The molecule has 1 atom stereocenters. The van der Waals surface area contributed by atoms with Gasteiger partial charge >= 0.3 is 5.97 Å². The molecule has 1 heterocycles. The maximum atomic E-state index is 11.8. The van der Waals surface area contributed by atoms with Crippen molar-refractivity contribution in [2.24, 2.45) is 5.92 Å². The lowest BCUT2D eigenvalue weighted by Crippen LogP contribution is -2.25. The van der Waals surface area contributed by atoms with Crippen LogP contribution in [0.4, 0.5) is 5.95 Å².